The van der Waals surface area contributed by atoms with E-state index in [4.69, 9.17) is 4.74 Å². The van der Waals surface area contributed by atoms with Crippen molar-refractivity contribution < 1.29 is 4.74 Å². The van der Waals surface area contributed by atoms with E-state index in [1.54, 1.807) is 4.88 Å². The number of fused-ring (bicyclic) bond motifs is 1. The molecule has 2 aliphatic rings. The van der Waals surface area contributed by atoms with Gasteiger partial charge in [-0.1, -0.05) is 12.8 Å². The van der Waals surface area contributed by atoms with Gasteiger partial charge in [-0.3, -0.25) is 9.89 Å². The summed E-state index contributed by atoms with van der Waals surface area (Å²) < 4.78 is 5.64. The predicted molar refractivity (Wildman–Crippen MR) is 119 cm³/mol. The first-order valence-corrected chi connectivity index (χ1v) is 11.9. The second-order valence-corrected chi connectivity index (χ2v) is 9.40. The zero-order chi connectivity index (χ0) is 19.8. The van der Waals surface area contributed by atoms with Crippen molar-refractivity contribution in [1.82, 2.24) is 15.5 Å². The Balaban J connectivity index is 1.44. The normalized spacial score (nSPS) is 20.8. The van der Waals surface area contributed by atoms with Crippen molar-refractivity contribution in [2.45, 2.75) is 65.0 Å². The summed E-state index contributed by atoms with van der Waals surface area (Å²) in [6, 6.07) is 2.78. The van der Waals surface area contributed by atoms with Gasteiger partial charge in [-0.25, -0.2) is 0 Å². The number of hydrogen-bond donors (Lipinski definition) is 2. The Kier molecular flexibility index (Phi) is 8.18. The van der Waals surface area contributed by atoms with Crippen LogP contribution in [0.15, 0.2) is 16.4 Å². The van der Waals surface area contributed by atoms with Crippen molar-refractivity contribution in [2.75, 3.05) is 39.9 Å². The molecule has 2 N–H and O–H groups in total. The van der Waals surface area contributed by atoms with Crippen molar-refractivity contribution in [3.63, 3.8) is 0 Å². The molecule has 5 nitrogen and oxygen atoms in total. The van der Waals surface area contributed by atoms with Crippen molar-refractivity contribution in [2.24, 2.45) is 10.4 Å². The minimum absolute atomic E-state index is 0.376. The minimum atomic E-state index is 0.376. The van der Waals surface area contributed by atoms with Crippen LogP contribution in [0, 0.1) is 5.41 Å². The maximum absolute atomic E-state index is 5.64. The highest BCUT2D eigenvalue weighted by atomic mass is 32.1. The summed E-state index contributed by atoms with van der Waals surface area (Å²) in [5.41, 5.74) is 1.89. The van der Waals surface area contributed by atoms with E-state index in [1.807, 2.05) is 18.4 Å². The summed E-state index contributed by atoms with van der Waals surface area (Å²) >= 11 is 1.91. The Hall–Kier alpha value is -1.11. The number of rotatable bonds is 9. The van der Waals surface area contributed by atoms with Gasteiger partial charge in [0.05, 0.1) is 0 Å². The molecular formula is C22H38N4OS. The zero-order valence-electron chi connectivity index (χ0n) is 17.9. The summed E-state index contributed by atoms with van der Waals surface area (Å²) in [5.74, 6) is 0.933. The number of thiophene rings is 1. The largest absolute Gasteiger partial charge is 0.382 e. The molecule has 158 valence electrons. The molecule has 2 heterocycles. The van der Waals surface area contributed by atoms with E-state index in [1.165, 1.54) is 37.7 Å². The zero-order valence-corrected chi connectivity index (χ0v) is 18.7. The number of nitrogens with one attached hydrogen (secondary N) is 2. The number of aliphatic imine (C=N–C) groups is 1. The van der Waals surface area contributed by atoms with E-state index in [2.05, 4.69) is 45.8 Å². The fraction of sp³-hybridized carbons (Fsp3) is 0.773. The average molecular weight is 407 g/mol. The van der Waals surface area contributed by atoms with E-state index in [-0.39, 0.29) is 0 Å². The fourth-order valence-corrected chi connectivity index (χ4v) is 5.47. The second kappa shape index (κ2) is 10.6. The van der Waals surface area contributed by atoms with Crippen molar-refractivity contribution in [3.05, 3.63) is 21.9 Å². The third kappa shape index (κ3) is 5.71. The molecule has 1 aliphatic heterocycles. The summed E-state index contributed by atoms with van der Waals surface area (Å²) in [5, 5.41) is 9.41. The first kappa shape index (κ1) is 21.6. The first-order chi connectivity index (χ1) is 13.7. The average Bonchev–Trinajstić information content (AvgIpc) is 3.37. The smallest absolute Gasteiger partial charge is 0.191 e. The van der Waals surface area contributed by atoms with Gasteiger partial charge in [-0.05, 0) is 62.0 Å². The molecule has 0 radical (unpaired) electrons. The fourth-order valence-electron chi connectivity index (χ4n) is 4.59. The number of nitrogens with zero attached hydrogens (tertiary/aromatic N) is 2. The van der Waals surface area contributed by atoms with Gasteiger partial charge < -0.3 is 15.4 Å². The third-order valence-corrected chi connectivity index (χ3v) is 7.55. The molecule has 1 aromatic heterocycles. The van der Waals surface area contributed by atoms with E-state index in [0.717, 1.165) is 51.8 Å². The molecule has 28 heavy (non-hydrogen) atoms. The Morgan fingerprint density at radius 2 is 2.18 bits per heavy atom. The van der Waals surface area contributed by atoms with E-state index < -0.39 is 0 Å². The maximum Gasteiger partial charge on any atom is 0.191 e. The van der Waals surface area contributed by atoms with Gasteiger partial charge in [0.15, 0.2) is 5.96 Å². The topological polar surface area (TPSA) is 48.9 Å². The molecule has 1 aromatic rings. The van der Waals surface area contributed by atoms with Crippen LogP contribution >= 0.6 is 11.3 Å². The summed E-state index contributed by atoms with van der Waals surface area (Å²) in [7, 11) is 1.88. The minimum Gasteiger partial charge on any atom is -0.382 e. The van der Waals surface area contributed by atoms with Crippen molar-refractivity contribution in [1.29, 1.82) is 0 Å². The molecule has 0 spiro atoms. The summed E-state index contributed by atoms with van der Waals surface area (Å²) in [6.45, 7) is 10.2. The van der Waals surface area contributed by atoms with Gasteiger partial charge in [0.25, 0.3) is 0 Å². The molecule has 3 rings (SSSR count). The van der Waals surface area contributed by atoms with Crippen LogP contribution in [0.5, 0.6) is 0 Å². The molecule has 1 fully saturated rings. The molecule has 0 amide bonds. The maximum atomic E-state index is 5.64. The molecule has 0 saturated heterocycles. The van der Waals surface area contributed by atoms with Gasteiger partial charge in [0.2, 0.25) is 0 Å². The second-order valence-electron chi connectivity index (χ2n) is 8.40. The highest BCUT2D eigenvalue weighted by Gasteiger charge is 2.33. The van der Waals surface area contributed by atoms with Gasteiger partial charge in [0, 0.05) is 57.4 Å². The summed E-state index contributed by atoms with van der Waals surface area (Å²) in [6.07, 6.45) is 7.63. The van der Waals surface area contributed by atoms with Crippen LogP contribution in [-0.4, -0.2) is 56.8 Å². The van der Waals surface area contributed by atoms with Crippen LogP contribution in [0.1, 0.15) is 56.4 Å². The Labute approximate surface area is 174 Å². The van der Waals surface area contributed by atoms with Gasteiger partial charge in [0.1, 0.15) is 0 Å². The number of hydrogen-bond acceptors (Lipinski definition) is 4. The Morgan fingerprint density at radius 3 is 2.93 bits per heavy atom. The van der Waals surface area contributed by atoms with Crippen LogP contribution in [0.3, 0.4) is 0 Å². The molecule has 1 aliphatic carbocycles. The first-order valence-electron chi connectivity index (χ1n) is 11.0. The number of guanidine groups is 1. The molecule has 1 saturated carbocycles. The van der Waals surface area contributed by atoms with Crippen LogP contribution < -0.4 is 10.6 Å². The van der Waals surface area contributed by atoms with E-state index >= 15 is 0 Å². The molecule has 1 unspecified atom stereocenters. The van der Waals surface area contributed by atoms with Gasteiger partial charge >= 0.3 is 0 Å². The van der Waals surface area contributed by atoms with Crippen LogP contribution in [0.4, 0.5) is 0 Å². The van der Waals surface area contributed by atoms with Gasteiger partial charge in [-0.15, -0.1) is 11.3 Å². The molecule has 1 atom stereocenters. The van der Waals surface area contributed by atoms with Gasteiger partial charge in [-0.2, -0.15) is 0 Å². The third-order valence-electron chi connectivity index (χ3n) is 6.52. The Morgan fingerprint density at radius 1 is 1.36 bits per heavy atom. The predicted octanol–water partition coefficient (Wildman–Crippen LogP) is 3.65. The molecule has 0 bridgehead atoms. The van der Waals surface area contributed by atoms with Crippen molar-refractivity contribution in [3.8, 4) is 0 Å². The lowest BCUT2D eigenvalue weighted by Gasteiger charge is -2.33. The van der Waals surface area contributed by atoms with E-state index in [9.17, 15) is 0 Å². The molecular weight excluding hydrogens is 368 g/mol. The molecule has 6 heteroatoms. The molecule has 0 aromatic carbocycles. The highest BCUT2D eigenvalue weighted by Crippen LogP contribution is 2.40. The SMILES string of the molecule is CCOCCC1(CNC(=NC)NCC(C)N2CCc3sccc3C2)CCCC1. The van der Waals surface area contributed by atoms with E-state index in [0.29, 0.717) is 11.5 Å². The van der Waals surface area contributed by atoms with Crippen LogP contribution in [0.2, 0.25) is 0 Å². The van der Waals surface area contributed by atoms with Crippen LogP contribution in [-0.2, 0) is 17.7 Å². The van der Waals surface area contributed by atoms with Crippen LogP contribution in [0.25, 0.3) is 0 Å². The highest BCUT2D eigenvalue weighted by molar-refractivity contribution is 7.10. The lowest BCUT2D eigenvalue weighted by molar-refractivity contribution is 0.105. The quantitative estimate of drug-likeness (QED) is 0.373. The Bertz CT molecular complexity index is 624. The monoisotopic (exact) mass is 406 g/mol. The number of ether oxygens (including phenoxy) is 1. The standard InChI is InChI=1S/C22H38N4OS/c1-4-27-13-11-22(9-5-6-10-22)17-25-21(23-3)24-15-18(2)26-12-7-20-19(16-26)8-14-28-20/h8,14,18H,4-7,9-13,15-17H2,1-3H3,(H2,23,24,25). The summed E-state index contributed by atoms with van der Waals surface area (Å²) in [4.78, 5) is 8.62. The van der Waals surface area contributed by atoms with Crippen molar-refractivity contribution >= 4 is 17.3 Å². The lowest BCUT2D eigenvalue weighted by Crippen LogP contribution is -2.48. The lowest BCUT2D eigenvalue weighted by atomic mass is 9.83.